The van der Waals surface area contributed by atoms with Crippen LogP contribution in [-0.2, 0) is 23.9 Å². The first kappa shape index (κ1) is 21.2. The third-order valence-corrected chi connectivity index (χ3v) is 4.32. The first-order valence-electron chi connectivity index (χ1n) is 8.73. The smallest absolute Gasteiger partial charge is 0.416 e. The van der Waals surface area contributed by atoms with Crippen LogP contribution in [0.5, 0.6) is 5.75 Å². The first-order valence-corrected chi connectivity index (χ1v) is 8.73. The molecule has 1 heterocycles. The fourth-order valence-electron chi connectivity index (χ4n) is 2.82. The van der Waals surface area contributed by atoms with Gasteiger partial charge in [0.25, 0.3) is 5.56 Å². The van der Waals surface area contributed by atoms with Crippen molar-refractivity contribution in [2.45, 2.75) is 19.1 Å². The van der Waals surface area contributed by atoms with E-state index in [4.69, 9.17) is 4.74 Å². The molecule has 2 aromatic carbocycles. The number of nitrogens with zero attached hydrogens (tertiary/aromatic N) is 3. The number of amides is 1. The number of alkyl halides is 3. The Morgan fingerprint density at radius 1 is 1.23 bits per heavy atom. The molecule has 1 N–H and O–H groups in total. The lowest BCUT2D eigenvalue weighted by Gasteiger charge is -2.10. The zero-order valence-corrected chi connectivity index (χ0v) is 15.7. The van der Waals surface area contributed by atoms with Gasteiger partial charge in [0.15, 0.2) is 0 Å². The van der Waals surface area contributed by atoms with Gasteiger partial charge in [-0.1, -0.05) is 17.3 Å². The van der Waals surface area contributed by atoms with Crippen LogP contribution in [0.4, 0.5) is 17.6 Å². The Bertz CT molecular complexity index is 1140. The maximum Gasteiger partial charge on any atom is 0.416 e. The van der Waals surface area contributed by atoms with E-state index in [0.717, 1.165) is 16.8 Å². The predicted molar refractivity (Wildman–Crippen MR) is 98.5 cm³/mol. The monoisotopic (exact) mass is 424 g/mol. The Hall–Kier alpha value is -3.50. The first-order chi connectivity index (χ1) is 14.2. The molecule has 0 radical (unpaired) electrons. The zero-order chi connectivity index (χ0) is 21.9. The van der Waals surface area contributed by atoms with Crippen LogP contribution in [-0.4, -0.2) is 34.6 Å². The molecule has 0 aliphatic carbocycles. The molecule has 7 nitrogen and oxygen atoms in total. The summed E-state index contributed by atoms with van der Waals surface area (Å²) in [6, 6.07) is 7.01. The van der Waals surface area contributed by atoms with Gasteiger partial charge in [0, 0.05) is 6.54 Å². The summed E-state index contributed by atoms with van der Waals surface area (Å²) in [5.41, 5.74) is -1.32. The summed E-state index contributed by atoms with van der Waals surface area (Å²) in [6.45, 7) is -0.477. The van der Waals surface area contributed by atoms with Gasteiger partial charge in [0.1, 0.15) is 29.0 Å². The SMILES string of the molecule is COc1cccc2nnn(CC(=O)NCCc3ccc(C(F)(F)F)cc3F)c(=O)c12. The van der Waals surface area contributed by atoms with Crippen LogP contribution in [0.2, 0.25) is 0 Å². The number of aromatic nitrogens is 3. The van der Waals surface area contributed by atoms with Gasteiger partial charge < -0.3 is 10.1 Å². The van der Waals surface area contributed by atoms with Gasteiger partial charge in [-0.15, -0.1) is 5.10 Å². The molecule has 1 amide bonds. The average Bonchev–Trinajstić information content (AvgIpc) is 2.70. The molecule has 0 unspecified atom stereocenters. The second-order valence-electron chi connectivity index (χ2n) is 6.31. The number of carbonyl (C=O) groups is 1. The van der Waals surface area contributed by atoms with Crippen molar-refractivity contribution in [2.24, 2.45) is 0 Å². The van der Waals surface area contributed by atoms with E-state index in [1.807, 2.05) is 0 Å². The molecular formula is C19H16F4N4O3. The summed E-state index contributed by atoms with van der Waals surface area (Å²) in [4.78, 5) is 24.7. The van der Waals surface area contributed by atoms with Gasteiger partial charge >= 0.3 is 6.18 Å². The number of hydrogen-bond acceptors (Lipinski definition) is 5. The van der Waals surface area contributed by atoms with Crippen LogP contribution in [0.3, 0.4) is 0 Å². The maximum absolute atomic E-state index is 13.8. The van der Waals surface area contributed by atoms with Gasteiger partial charge in [0.05, 0.1) is 12.7 Å². The van der Waals surface area contributed by atoms with E-state index in [-0.39, 0.29) is 23.9 Å². The maximum atomic E-state index is 13.8. The van der Waals surface area contributed by atoms with Crippen molar-refractivity contribution in [3.05, 3.63) is 63.7 Å². The molecule has 3 rings (SSSR count). The Morgan fingerprint density at radius 3 is 2.67 bits per heavy atom. The van der Waals surface area contributed by atoms with Crippen molar-refractivity contribution in [3.63, 3.8) is 0 Å². The fourth-order valence-corrected chi connectivity index (χ4v) is 2.82. The standard InChI is InChI=1S/C19H16F4N4O3/c1-30-15-4-2-3-14-17(15)18(29)27(26-25-14)10-16(28)24-8-7-11-5-6-12(9-13(11)20)19(21,22)23/h2-6,9H,7-8,10H2,1H3,(H,24,28). The fraction of sp³-hybridized carbons (Fsp3) is 0.263. The van der Waals surface area contributed by atoms with E-state index in [9.17, 15) is 27.2 Å². The van der Waals surface area contributed by atoms with Crippen LogP contribution in [0.15, 0.2) is 41.2 Å². The number of hydrogen-bond donors (Lipinski definition) is 1. The second kappa shape index (κ2) is 8.47. The minimum absolute atomic E-state index is 0.0238. The molecule has 3 aromatic rings. The van der Waals surface area contributed by atoms with Gasteiger partial charge in [-0.25, -0.2) is 9.07 Å². The second-order valence-corrected chi connectivity index (χ2v) is 6.31. The number of halogens is 4. The lowest BCUT2D eigenvalue weighted by atomic mass is 10.1. The third kappa shape index (κ3) is 4.56. The number of rotatable bonds is 6. The Morgan fingerprint density at radius 2 is 2.00 bits per heavy atom. The molecule has 0 atom stereocenters. The van der Waals surface area contributed by atoms with Crippen molar-refractivity contribution in [3.8, 4) is 5.75 Å². The van der Waals surface area contributed by atoms with E-state index >= 15 is 0 Å². The third-order valence-electron chi connectivity index (χ3n) is 4.32. The minimum Gasteiger partial charge on any atom is -0.496 e. The molecule has 0 fully saturated rings. The normalized spacial score (nSPS) is 11.5. The summed E-state index contributed by atoms with van der Waals surface area (Å²) in [7, 11) is 1.39. The molecule has 0 aliphatic heterocycles. The number of methoxy groups -OCH3 is 1. The zero-order valence-electron chi connectivity index (χ0n) is 15.7. The molecule has 158 valence electrons. The highest BCUT2D eigenvalue weighted by molar-refractivity contribution is 5.84. The molecule has 0 spiro atoms. The molecule has 0 saturated heterocycles. The van der Waals surface area contributed by atoms with Crippen molar-refractivity contribution < 1.29 is 27.1 Å². The van der Waals surface area contributed by atoms with Gasteiger partial charge in [-0.2, -0.15) is 13.2 Å². The van der Waals surface area contributed by atoms with Gasteiger partial charge in [0.2, 0.25) is 5.91 Å². The summed E-state index contributed by atoms with van der Waals surface area (Å²) < 4.78 is 57.5. The molecule has 1 aromatic heterocycles. The van der Waals surface area contributed by atoms with Crippen molar-refractivity contribution in [1.29, 1.82) is 0 Å². The van der Waals surface area contributed by atoms with E-state index in [2.05, 4.69) is 15.6 Å². The summed E-state index contributed by atoms with van der Waals surface area (Å²) in [5.74, 6) is -1.31. The molecule has 0 aliphatic rings. The van der Waals surface area contributed by atoms with E-state index < -0.39 is 35.6 Å². The highest BCUT2D eigenvalue weighted by Gasteiger charge is 2.31. The Kier molecular flexibility index (Phi) is 5.99. The highest BCUT2D eigenvalue weighted by atomic mass is 19.4. The Labute approximate surface area is 167 Å². The molecule has 11 heteroatoms. The van der Waals surface area contributed by atoms with Crippen molar-refractivity contribution in [2.75, 3.05) is 13.7 Å². The van der Waals surface area contributed by atoms with Crippen LogP contribution in [0.1, 0.15) is 11.1 Å². The van der Waals surface area contributed by atoms with Crippen LogP contribution in [0.25, 0.3) is 10.9 Å². The van der Waals surface area contributed by atoms with E-state index in [0.29, 0.717) is 17.3 Å². The topological polar surface area (TPSA) is 86.1 Å². The van der Waals surface area contributed by atoms with Crippen LogP contribution in [0, 0.1) is 5.82 Å². The summed E-state index contributed by atoms with van der Waals surface area (Å²) in [5, 5.41) is 10.2. The van der Waals surface area contributed by atoms with Crippen molar-refractivity contribution >= 4 is 16.8 Å². The Balaban J connectivity index is 1.64. The number of nitrogens with one attached hydrogen (secondary N) is 1. The molecule has 0 bridgehead atoms. The van der Waals surface area contributed by atoms with Crippen LogP contribution >= 0.6 is 0 Å². The number of carbonyl (C=O) groups excluding carboxylic acids is 1. The number of benzene rings is 2. The van der Waals surface area contributed by atoms with E-state index in [1.54, 1.807) is 18.2 Å². The summed E-state index contributed by atoms with van der Waals surface area (Å²) in [6.07, 6.45) is -4.66. The average molecular weight is 424 g/mol. The lowest BCUT2D eigenvalue weighted by Crippen LogP contribution is -2.35. The highest BCUT2D eigenvalue weighted by Crippen LogP contribution is 2.30. The van der Waals surface area contributed by atoms with Crippen LogP contribution < -0.4 is 15.6 Å². The number of fused-ring (bicyclic) bond motifs is 1. The quantitative estimate of drug-likeness (QED) is 0.614. The number of ether oxygens (including phenoxy) is 1. The largest absolute Gasteiger partial charge is 0.496 e. The summed E-state index contributed by atoms with van der Waals surface area (Å²) >= 11 is 0. The molecule has 30 heavy (non-hydrogen) atoms. The lowest BCUT2D eigenvalue weighted by molar-refractivity contribution is -0.137. The molecule has 0 saturated carbocycles. The molecular weight excluding hydrogens is 408 g/mol. The predicted octanol–water partition coefficient (Wildman–Crippen LogP) is 2.32. The van der Waals surface area contributed by atoms with E-state index in [1.165, 1.54) is 7.11 Å². The van der Waals surface area contributed by atoms with Crippen molar-refractivity contribution in [1.82, 2.24) is 20.3 Å². The van der Waals surface area contributed by atoms with Gasteiger partial charge in [-0.05, 0) is 36.2 Å². The minimum atomic E-state index is -4.63. The van der Waals surface area contributed by atoms with Gasteiger partial charge in [-0.3, -0.25) is 9.59 Å².